The molecule has 3 rings (SSSR count). The van der Waals surface area contributed by atoms with Crippen LogP contribution in [-0.4, -0.2) is 24.2 Å². The minimum atomic E-state index is -0.230. The Morgan fingerprint density at radius 2 is 2.07 bits per heavy atom. The standard InChI is InChI=1S/C23H28BrN3O/c1-6-27-21-11-15(2)17(12-19(21)16(3)13-23(27,4)5)14-25-26-22(28)18-9-7-8-10-20(18)24/h7-12,14,16H,6,13H2,1-5H3,(H,26,28)/b25-14+. The molecule has 2 aromatic rings. The molecule has 148 valence electrons. The molecule has 0 aliphatic carbocycles. The molecule has 1 aliphatic heterocycles. The number of halogens is 1. The van der Waals surface area contributed by atoms with Crippen molar-refractivity contribution in [1.29, 1.82) is 0 Å². The molecule has 1 heterocycles. The molecule has 0 aromatic heterocycles. The first kappa shape index (κ1) is 20.6. The molecule has 1 atom stereocenters. The number of amides is 1. The fourth-order valence-corrected chi connectivity index (χ4v) is 4.72. The number of aryl methyl sites for hydroxylation is 1. The summed E-state index contributed by atoms with van der Waals surface area (Å²) in [7, 11) is 0. The van der Waals surface area contributed by atoms with Crippen molar-refractivity contribution in [1.82, 2.24) is 5.43 Å². The number of nitrogens with zero attached hydrogens (tertiary/aromatic N) is 2. The fourth-order valence-electron chi connectivity index (χ4n) is 4.25. The topological polar surface area (TPSA) is 44.7 Å². The highest BCUT2D eigenvalue weighted by Crippen LogP contribution is 2.43. The molecule has 28 heavy (non-hydrogen) atoms. The van der Waals surface area contributed by atoms with Crippen molar-refractivity contribution in [3.05, 3.63) is 63.1 Å². The van der Waals surface area contributed by atoms with E-state index in [1.807, 2.05) is 18.2 Å². The van der Waals surface area contributed by atoms with Crippen LogP contribution >= 0.6 is 15.9 Å². The van der Waals surface area contributed by atoms with Crippen LogP contribution in [0.1, 0.15) is 67.1 Å². The number of rotatable bonds is 4. The Kier molecular flexibility index (Phi) is 5.94. The van der Waals surface area contributed by atoms with Gasteiger partial charge in [-0.25, -0.2) is 5.43 Å². The lowest BCUT2D eigenvalue weighted by atomic mass is 9.79. The molecule has 0 saturated carbocycles. The Hall–Kier alpha value is -2.14. The van der Waals surface area contributed by atoms with E-state index < -0.39 is 0 Å². The van der Waals surface area contributed by atoms with Gasteiger partial charge in [0.15, 0.2) is 0 Å². The van der Waals surface area contributed by atoms with Gasteiger partial charge in [0.2, 0.25) is 0 Å². The third kappa shape index (κ3) is 4.00. The van der Waals surface area contributed by atoms with Crippen molar-refractivity contribution in [2.24, 2.45) is 5.10 Å². The van der Waals surface area contributed by atoms with Crippen LogP contribution in [0.15, 0.2) is 46.0 Å². The lowest BCUT2D eigenvalue weighted by molar-refractivity contribution is 0.0954. The summed E-state index contributed by atoms with van der Waals surface area (Å²) in [6.07, 6.45) is 2.86. The van der Waals surface area contributed by atoms with Crippen LogP contribution < -0.4 is 10.3 Å². The number of anilines is 1. The number of nitrogens with one attached hydrogen (secondary N) is 1. The van der Waals surface area contributed by atoms with Gasteiger partial charge < -0.3 is 4.90 Å². The van der Waals surface area contributed by atoms with Crippen molar-refractivity contribution in [3.8, 4) is 0 Å². The van der Waals surface area contributed by atoms with E-state index in [0.29, 0.717) is 11.5 Å². The third-order valence-corrected chi connectivity index (χ3v) is 6.27. The summed E-state index contributed by atoms with van der Waals surface area (Å²) in [4.78, 5) is 14.8. The van der Waals surface area contributed by atoms with Gasteiger partial charge >= 0.3 is 0 Å². The van der Waals surface area contributed by atoms with E-state index in [9.17, 15) is 4.79 Å². The maximum absolute atomic E-state index is 12.3. The first-order chi connectivity index (χ1) is 13.2. The van der Waals surface area contributed by atoms with Gasteiger partial charge in [-0.15, -0.1) is 0 Å². The maximum Gasteiger partial charge on any atom is 0.272 e. The monoisotopic (exact) mass is 441 g/mol. The van der Waals surface area contributed by atoms with Crippen molar-refractivity contribution in [2.45, 2.75) is 52.5 Å². The highest BCUT2D eigenvalue weighted by molar-refractivity contribution is 9.10. The van der Waals surface area contributed by atoms with E-state index >= 15 is 0 Å². The highest BCUT2D eigenvalue weighted by atomic mass is 79.9. The van der Waals surface area contributed by atoms with Crippen LogP contribution in [0.5, 0.6) is 0 Å². The molecule has 1 amide bonds. The first-order valence-corrected chi connectivity index (χ1v) is 10.5. The number of benzene rings is 2. The lowest BCUT2D eigenvalue weighted by Gasteiger charge is -2.47. The maximum atomic E-state index is 12.3. The largest absolute Gasteiger partial charge is 0.366 e. The van der Waals surface area contributed by atoms with Crippen LogP contribution in [0.3, 0.4) is 0 Å². The molecule has 0 saturated heterocycles. The quantitative estimate of drug-likeness (QED) is 0.493. The third-order valence-electron chi connectivity index (χ3n) is 5.58. The average molecular weight is 442 g/mol. The average Bonchev–Trinajstić information content (AvgIpc) is 2.62. The van der Waals surface area contributed by atoms with Gasteiger partial charge in [-0.1, -0.05) is 19.1 Å². The van der Waals surface area contributed by atoms with E-state index in [-0.39, 0.29) is 11.4 Å². The zero-order valence-electron chi connectivity index (χ0n) is 17.2. The minimum absolute atomic E-state index is 0.153. The molecule has 0 radical (unpaired) electrons. The predicted molar refractivity (Wildman–Crippen MR) is 121 cm³/mol. The molecule has 5 heteroatoms. The summed E-state index contributed by atoms with van der Waals surface area (Å²) in [6, 6.07) is 11.8. The van der Waals surface area contributed by atoms with E-state index in [2.05, 4.69) is 78.1 Å². The Morgan fingerprint density at radius 1 is 1.36 bits per heavy atom. The van der Waals surface area contributed by atoms with Crippen molar-refractivity contribution in [3.63, 3.8) is 0 Å². The Morgan fingerprint density at radius 3 is 2.75 bits per heavy atom. The normalized spacial score (nSPS) is 18.2. The van der Waals surface area contributed by atoms with Gasteiger partial charge in [-0.2, -0.15) is 5.10 Å². The molecule has 0 bridgehead atoms. The number of carbonyl (C=O) groups is 1. The van der Waals surface area contributed by atoms with E-state index in [1.165, 1.54) is 11.3 Å². The lowest BCUT2D eigenvalue weighted by Crippen LogP contribution is -2.48. The Labute approximate surface area is 176 Å². The second-order valence-electron chi connectivity index (χ2n) is 8.11. The summed E-state index contributed by atoms with van der Waals surface area (Å²) in [5.41, 5.74) is 8.21. The smallest absolute Gasteiger partial charge is 0.272 e. The van der Waals surface area contributed by atoms with Gasteiger partial charge in [0.25, 0.3) is 5.91 Å². The van der Waals surface area contributed by atoms with Crippen LogP contribution in [0.25, 0.3) is 0 Å². The van der Waals surface area contributed by atoms with Crippen LogP contribution in [0.2, 0.25) is 0 Å². The van der Waals surface area contributed by atoms with Crippen molar-refractivity contribution in [2.75, 3.05) is 11.4 Å². The summed E-state index contributed by atoms with van der Waals surface area (Å²) < 4.78 is 0.753. The van der Waals surface area contributed by atoms with Gasteiger partial charge in [0, 0.05) is 22.2 Å². The van der Waals surface area contributed by atoms with Crippen LogP contribution in [0.4, 0.5) is 5.69 Å². The summed E-state index contributed by atoms with van der Waals surface area (Å²) >= 11 is 3.40. The molecule has 0 fully saturated rings. The SMILES string of the molecule is CCN1c2cc(C)c(/C=N/NC(=O)c3ccccc3Br)cc2C(C)CC1(C)C. The molecule has 0 spiro atoms. The Bertz CT molecular complexity index is 920. The molecule has 4 nitrogen and oxygen atoms in total. The van der Waals surface area contributed by atoms with Gasteiger partial charge in [0.1, 0.15) is 0 Å². The van der Waals surface area contributed by atoms with Crippen molar-refractivity contribution >= 4 is 33.7 Å². The molecule has 1 N–H and O–H groups in total. The number of fused-ring (bicyclic) bond motifs is 1. The van der Waals surface area contributed by atoms with Gasteiger partial charge in [-0.3, -0.25) is 4.79 Å². The van der Waals surface area contributed by atoms with E-state index in [1.54, 1.807) is 12.3 Å². The molecular weight excluding hydrogens is 414 g/mol. The second-order valence-corrected chi connectivity index (χ2v) is 8.96. The number of hydrogen-bond donors (Lipinski definition) is 1. The van der Waals surface area contributed by atoms with E-state index in [0.717, 1.165) is 28.6 Å². The predicted octanol–water partition coefficient (Wildman–Crippen LogP) is 5.63. The first-order valence-electron chi connectivity index (χ1n) is 9.74. The fraction of sp³-hybridized carbons (Fsp3) is 0.391. The molecule has 1 unspecified atom stereocenters. The number of carbonyl (C=O) groups excluding carboxylic acids is 1. The molecule has 2 aromatic carbocycles. The Balaban J connectivity index is 1.84. The van der Waals surface area contributed by atoms with Crippen LogP contribution in [-0.2, 0) is 0 Å². The zero-order chi connectivity index (χ0) is 20.5. The second kappa shape index (κ2) is 8.08. The summed E-state index contributed by atoms with van der Waals surface area (Å²) in [5.74, 6) is 0.252. The van der Waals surface area contributed by atoms with Crippen molar-refractivity contribution < 1.29 is 4.79 Å². The molecule has 1 aliphatic rings. The summed E-state index contributed by atoms with van der Waals surface area (Å²) in [5, 5.41) is 4.20. The van der Waals surface area contributed by atoms with Gasteiger partial charge in [-0.05, 0) is 96.9 Å². The summed E-state index contributed by atoms with van der Waals surface area (Å²) in [6.45, 7) is 12.2. The van der Waals surface area contributed by atoms with E-state index in [4.69, 9.17) is 0 Å². The number of hydrazone groups is 1. The highest BCUT2D eigenvalue weighted by Gasteiger charge is 2.35. The minimum Gasteiger partial charge on any atom is -0.366 e. The molecular formula is C23H28BrN3O. The zero-order valence-corrected chi connectivity index (χ0v) is 18.8. The number of hydrogen-bond acceptors (Lipinski definition) is 3. The van der Waals surface area contributed by atoms with Gasteiger partial charge in [0.05, 0.1) is 11.8 Å². The van der Waals surface area contributed by atoms with Crippen LogP contribution in [0, 0.1) is 6.92 Å².